The number of hydrogen-bond acceptors (Lipinski definition) is 2. The van der Waals surface area contributed by atoms with E-state index in [1.807, 2.05) is 0 Å². The molecule has 4 nitrogen and oxygen atoms in total. The van der Waals surface area contributed by atoms with Gasteiger partial charge in [-0.2, -0.15) is 0 Å². The van der Waals surface area contributed by atoms with Crippen molar-refractivity contribution in [2.45, 2.75) is 57.9 Å². The van der Waals surface area contributed by atoms with Crippen molar-refractivity contribution in [2.75, 3.05) is 0 Å². The molecule has 1 aromatic carbocycles. The highest BCUT2D eigenvalue weighted by Gasteiger charge is 2.20. The first-order chi connectivity index (χ1) is 10.5. The summed E-state index contributed by atoms with van der Waals surface area (Å²) in [4.78, 5) is 23.2. The van der Waals surface area contributed by atoms with E-state index in [1.165, 1.54) is 37.1 Å². The predicted molar refractivity (Wildman–Crippen MR) is 83.3 cm³/mol. The number of rotatable bonds is 10. The topological polar surface area (TPSA) is 66.4 Å². The number of carboxylic acids is 1. The van der Waals surface area contributed by atoms with Gasteiger partial charge in [0.1, 0.15) is 11.9 Å². The first-order valence-corrected chi connectivity index (χ1v) is 7.83. The highest BCUT2D eigenvalue weighted by molar-refractivity contribution is 5.96. The molecule has 1 aromatic rings. The zero-order valence-electron chi connectivity index (χ0n) is 13.0. The smallest absolute Gasteiger partial charge is 0.326 e. The lowest BCUT2D eigenvalue weighted by molar-refractivity contribution is -0.139. The molecule has 1 rings (SSSR count). The van der Waals surface area contributed by atoms with Gasteiger partial charge in [-0.05, 0) is 30.7 Å². The van der Waals surface area contributed by atoms with Crippen LogP contribution in [0.4, 0.5) is 4.39 Å². The second-order valence-electron chi connectivity index (χ2n) is 5.43. The largest absolute Gasteiger partial charge is 0.480 e. The Hall–Kier alpha value is -1.91. The summed E-state index contributed by atoms with van der Waals surface area (Å²) in [5.41, 5.74) is 0.260. The normalized spacial score (nSPS) is 11.9. The van der Waals surface area contributed by atoms with Crippen molar-refractivity contribution >= 4 is 11.9 Å². The van der Waals surface area contributed by atoms with Crippen LogP contribution in [-0.4, -0.2) is 23.0 Å². The van der Waals surface area contributed by atoms with E-state index in [0.29, 0.717) is 6.42 Å². The first kappa shape index (κ1) is 18.1. The zero-order chi connectivity index (χ0) is 16.4. The molecule has 0 aliphatic rings. The number of benzene rings is 1. The second kappa shape index (κ2) is 9.92. The third kappa shape index (κ3) is 6.70. The molecule has 0 fully saturated rings. The Morgan fingerprint density at radius 2 is 1.68 bits per heavy atom. The predicted octanol–water partition coefficient (Wildman–Crippen LogP) is 3.76. The van der Waals surface area contributed by atoms with Crippen LogP contribution in [0.2, 0.25) is 0 Å². The second-order valence-corrected chi connectivity index (χ2v) is 5.43. The number of halogens is 1. The van der Waals surface area contributed by atoms with E-state index in [0.717, 1.165) is 25.7 Å². The molecule has 0 saturated carbocycles. The standard InChI is InChI=1S/C17H24FNO3/c1-2-3-4-5-6-7-8-15(17(21)22)19-16(20)13-9-11-14(18)12-10-13/h9-12,15H,2-8H2,1H3,(H,19,20)(H,21,22)/t15-/m1/s1. The molecule has 0 aromatic heterocycles. The van der Waals surface area contributed by atoms with Gasteiger partial charge in [0.15, 0.2) is 0 Å². The number of carbonyl (C=O) groups is 2. The molecular formula is C17H24FNO3. The third-order valence-corrected chi connectivity index (χ3v) is 3.56. The Balaban J connectivity index is 2.41. The molecule has 0 radical (unpaired) electrons. The summed E-state index contributed by atoms with van der Waals surface area (Å²) in [6, 6.07) is 4.14. The number of carbonyl (C=O) groups excluding carboxylic acids is 1. The highest BCUT2D eigenvalue weighted by atomic mass is 19.1. The van der Waals surface area contributed by atoms with Crippen LogP contribution in [0.3, 0.4) is 0 Å². The van der Waals surface area contributed by atoms with Gasteiger partial charge in [-0.15, -0.1) is 0 Å². The van der Waals surface area contributed by atoms with Crippen LogP contribution < -0.4 is 5.32 Å². The molecule has 0 bridgehead atoms. The van der Waals surface area contributed by atoms with Gasteiger partial charge in [-0.1, -0.05) is 45.4 Å². The molecule has 0 heterocycles. The van der Waals surface area contributed by atoms with Crippen LogP contribution in [0.1, 0.15) is 62.2 Å². The highest BCUT2D eigenvalue weighted by Crippen LogP contribution is 2.10. The molecule has 122 valence electrons. The fourth-order valence-electron chi connectivity index (χ4n) is 2.23. The maximum Gasteiger partial charge on any atom is 0.326 e. The maximum atomic E-state index is 12.8. The van der Waals surface area contributed by atoms with E-state index in [9.17, 15) is 19.1 Å². The zero-order valence-corrected chi connectivity index (χ0v) is 13.0. The van der Waals surface area contributed by atoms with Crippen molar-refractivity contribution in [3.63, 3.8) is 0 Å². The summed E-state index contributed by atoms with van der Waals surface area (Å²) < 4.78 is 12.8. The van der Waals surface area contributed by atoms with Crippen LogP contribution in [0.5, 0.6) is 0 Å². The molecule has 1 atom stereocenters. The van der Waals surface area contributed by atoms with Crippen LogP contribution in [0, 0.1) is 5.82 Å². The van der Waals surface area contributed by atoms with E-state index < -0.39 is 23.7 Å². The van der Waals surface area contributed by atoms with Crippen molar-refractivity contribution in [1.29, 1.82) is 0 Å². The summed E-state index contributed by atoms with van der Waals surface area (Å²) in [7, 11) is 0. The van der Waals surface area contributed by atoms with Gasteiger partial charge in [0.2, 0.25) is 0 Å². The van der Waals surface area contributed by atoms with E-state index >= 15 is 0 Å². The van der Waals surface area contributed by atoms with Gasteiger partial charge in [0.25, 0.3) is 5.91 Å². The molecule has 0 unspecified atom stereocenters. The average Bonchev–Trinajstić information content (AvgIpc) is 2.49. The summed E-state index contributed by atoms with van der Waals surface area (Å²) in [5, 5.41) is 11.7. The number of carboxylic acid groups (broad SMARTS) is 1. The Kier molecular flexibility index (Phi) is 8.18. The molecular weight excluding hydrogens is 285 g/mol. The number of nitrogens with one attached hydrogen (secondary N) is 1. The maximum absolute atomic E-state index is 12.8. The van der Waals surface area contributed by atoms with Crippen LogP contribution in [0.15, 0.2) is 24.3 Å². The van der Waals surface area contributed by atoms with E-state index in [4.69, 9.17) is 0 Å². The van der Waals surface area contributed by atoms with Crippen molar-refractivity contribution in [2.24, 2.45) is 0 Å². The molecule has 0 aliphatic carbocycles. The number of hydrogen-bond donors (Lipinski definition) is 2. The molecule has 0 saturated heterocycles. The van der Waals surface area contributed by atoms with Gasteiger partial charge in [-0.25, -0.2) is 9.18 Å². The molecule has 1 amide bonds. The van der Waals surface area contributed by atoms with Crippen LogP contribution >= 0.6 is 0 Å². The number of unbranched alkanes of at least 4 members (excludes halogenated alkanes) is 5. The van der Waals surface area contributed by atoms with Gasteiger partial charge in [-0.3, -0.25) is 4.79 Å². The lowest BCUT2D eigenvalue weighted by atomic mass is 10.1. The first-order valence-electron chi connectivity index (χ1n) is 7.83. The minimum Gasteiger partial charge on any atom is -0.480 e. The quantitative estimate of drug-likeness (QED) is 0.647. The molecule has 0 spiro atoms. The average molecular weight is 309 g/mol. The number of amides is 1. The Labute approximate surface area is 130 Å². The Morgan fingerprint density at radius 3 is 2.27 bits per heavy atom. The summed E-state index contributed by atoms with van der Waals surface area (Å²) >= 11 is 0. The Bertz CT molecular complexity index is 473. The van der Waals surface area contributed by atoms with Crippen molar-refractivity contribution in [1.82, 2.24) is 5.32 Å². The SMILES string of the molecule is CCCCCCCC[C@@H](NC(=O)c1ccc(F)cc1)C(=O)O. The minimum atomic E-state index is -1.04. The third-order valence-electron chi connectivity index (χ3n) is 3.56. The molecule has 22 heavy (non-hydrogen) atoms. The van der Waals surface area contributed by atoms with Gasteiger partial charge in [0.05, 0.1) is 0 Å². The van der Waals surface area contributed by atoms with Gasteiger partial charge >= 0.3 is 5.97 Å². The van der Waals surface area contributed by atoms with Crippen LogP contribution in [0.25, 0.3) is 0 Å². The summed E-state index contributed by atoms with van der Waals surface area (Å²) in [6.07, 6.45) is 6.77. The molecule has 2 N–H and O–H groups in total. The van der Waals surface area contributed by atoms with E-state index in [1.54, 1.807) is 0 Å². The van der Waals surface area contributed by atoms with Gasteiger partial charge in [0, 0.05) is 5.56 Å². The van der Waals surface area contributed by atoms with Crippen molar-refractivity contribution in [3.05, 3.63) is 35.6 Å². The molecule has 5 heteroatoms. The Morgan fingerprint density at radius 1 is 1.09 bits per heavy atom. The minimum absolute atomic E-state index is 0.260. The van der Waals surface area contributed by atoms with E-state index in [-0.39, 0.29) is 5.56 Å². The fraction of sp³-hybridized carbons (Fsp3) is 0.529. The van der Waals surface area contributed by atoms with Crippen molar-refractivity contribution < 1.29 is 19.1 Å². The lowest BCUT2D eigenvalue weighted by Gasteiger charge is -2.14. The number of aliphatic carboxylic acids is 1. The monoisotopic (exact) mass is 309 g/mol. The summed E-state index contributed by atoms with van der Waals surface area (Å²) in [5.74, 6) is -1.96. The van der Waals surface area contributed by atoms with Crippen LogP contribution in [-0.2, 0) is 4.79 Å². The van der Waals surface area contributed by atoms with Gasteiger partial charge < -0.3 is 10.4 Å². The van der Waals surface area contributed by atoms with Crippen molar-refractivity contribution in [3.8, 4) is 0 Å². The van der Waals surface area contributed by atoms with E-state index in [2.05, 4.69) is 12.2 Å². The fourth-order valence-corrected chi connectivity index (χ4v) is 2.23. The lowest BCUT2D eigenvalue weighted by Crippen LogP contribution is -2.40. The summed E-state index contributed by atoms with van der Waals surface area (Å²) in [6.45, 7) is 2.14. The molecule has 0 aliphatic heterocycles.